The first-order valence-corrected chi connectivity index (χ1v) is 6.88. The molecule has 0 aliphatic heterocycles. The first kappa shape index (κ1) is 16.2. The van der Waals surface area contributed by atoms with Gasteiger partial charge in [-0.3, -0.25) is 10.1 Å². The molecule has 0 fully saturated rings. The monoisotopic (exact) mass is 282 g/mol. The van der Waals surface area contributed by atoms with Crippen molar-refractivity contribution in [1.82, 2.24) is 0 Å². The molecular formula is C14H22N2O4. The van der Waals surface area contributed by atoms with Crippen LogP contribution in [0.1, 0.15) is 33.1 Å². The molecule has 6 heteroatoms. The quantitative estimate of drug-likeness (QED) is 0.413. The SMILES string of the molecule is CCCOc1cccc(NCCCC(C)O)c1[N+](=O)[O-]. The van der Waals surface area contributed by atoms with Crippen LogP contribution in [0.25, 0.3) is 0 Å². The van der Waals surface area contributed by atoms with Gasteiger partial charge in [0.15, 0.2) is 5.75 Å². The molecule has 1 rings (SSSR count). The molecule has 0 aromatic heterocycles. The third-order valence-electron chi connectivity index (χ3n) is 2.76. The van der Waals surface area contributed by atoms with E-state index in [1.807, 2.05) is 6.92 Å². The van der Waals surface area contributed by atoms with E-state index in [1.54, 1.807) is 25.1 Å². The molecule has 1 atom stereocenters. The second kappa shape index (κ2) is 8.37. The van der Waals surface area contributed by atoms with E-state index >= 15 is 0 Å². The van der Waals surface area contributed by atoms with Gasteiger partial charge in [0.25, 0.3) is 0 Å². The fourth-order valence-electron chi connectivity index (χ4n) is 1.80. The second-order valence-electron chi connectivity index (χ2n) is 4.68. The van der Waals surface area contributed by atoms with E-state index in [9.17, 15) is 15.2 Å². The highest BCUT2D eigenvalue weighted by Crippen LogP contribution is 2.34. The van der Waals surface area contributed by atoms with Gasteiger partial charge in [-0.05, 0) is 38.3 Å². The fourth-order valence-corrected chi connectivity index (χ4v) is 1.80. The van der Waals surface area contributed by atoms with Crippen LogP contribution in [0.3, 0.4) is 0 Å². The number of nitrogens with zero attached hydrogens (tertiary/aromatic N) is 1. The van der Waals surface area contributed by atoms with E-state index in [0.717, 1.165) is 12.8 Å². The zero-order valence-corrected chi connectivity index (χ0v) is 12.0. The van der Waals surface area contributed by atoms with E-state index < -0.39 is 4.92 Å². The van der Waals surface area contributed by atoms with Crippen molar-refractivity contribution in [3.05, 3.63) is 28.3 Å². The van der Waals surface area contributed by atoms with Gasteiger partial charge in [0.2, 0.25) is 0 Å². The zero-order chi connectivity index (χ0) is 15.0. The number of rotatable bonds is 9. The number of ether oxygens (including phenoxy) is 1. The number of aliphatic hydroxyl groups is 1. The second-order valence-corrected chi connectivity index (χ2v) is 4.68. The minimum atomic E-state index is -0.429. The van der Waals surface area contributed by atoms with Gasteiger partial charge in [-0.25, -0.2) is 0 Å². The average Bonchev–Trinajstić information content (AvgIpc) is 2.40. The Morgan fingerprint density at radius 3 is 2.85 bits per heavy atom. The molecule has 6 nitrogen and oxygen atoms in total. The molecule has 0 heterocycles. The van der Waals surface area contributed by atoms with E-state index in [0.29, 0.717) is 25.3 Å². The fraction of sp³-hybridized carbons (Fsp3) is 0.571. The van der Waals surface area contributed by atoms with Crippen LogP contribution >= 0.6 is 0 Å². The van der Waals surface area contributed by atoms with Gasteiger partial charge in [0, 0.05) is 6.54 Å². The Hall–Kier alpha value is -1.82. The molecule has 0 saturated carbocycles. The Labute approximate surface area is 118 Å². The van der Waals surface area contributed by atoms with Crippen LogP contribution in [-0.4, -0.2) is 29.3 Å². The molecule has 112 valence electrons. The summed E-state index contributed by atoms with van der Waals surface area (Å²) >= 11 is 0. The van der Waals surface area contributed by atoms with Crippen molar-refractivity contribution < 1.29 is 14.8 Å². The van der Waals surface area contributed by atoms with Crippen molar-refractivity contribution in [2.24, 2.45) is 0 Å². The van der Waals surface area contributed by atoms with Crippen molar-refractivity contribution in [1.29, 1.82) is 0 Å². The van der Waals surface area contributed by atoms with Gasteiger partial charge in [-0.2, -0.15) is 0 Å². The first-order chi connectivity index (χ1) is 9.56. The van der Waals surface area contributed by atoms with Crippen LogP contribution in [-0.2, 0) is 0 Å². The summed E-state index contributed by atoms with van der Waals surface area (Å²) in [6, 6.07) is 5.00. The molecule has 0 bridgehead atoms. The summed E-state index contributed by atoms with van der Waals surface area (Å²) in [6.45, 7) is 4.70. The number of hydrogen-bond acceptors (Lipinski definition) is 5. The van der Waals surface area contributed by atoms with Crippen LogP contribution in [0.5, 0.6) is 5.75 Å². The normalized spacial score (nSPS) is 11.9. The lowest BCUT2D eigenvalue weighted by molar-refractivity contribution is -0.385. The van der Waals surface area contributed by atoms with E-state index in [-0.39, 0.29) is 17.5 Å². The largest absolute Gasteiger partial charge is 0.487 e. The van der Waals surface area contributed by atoms with Gasteiger partial charge < -0.3 is 15.2 Å². The summed E-state index contributed by atoms with van der Waals surface area (Å²) in [7, 11) is 0. The molecule has 0 amide bonds. The number of nitrogens with one attached hydrogen (secondary N) is 1. The Bertz CT molecular complexity index is 435. The van der Waals surface area contributed by atoms with Gasteiger partial charge in [-0.15, -0.1) is 0 Å². The molecule has 20 heavy (non-hydrogen) atoms. The minimum Gasteiger partial charge on any atom is -0.487 e. The van der Waals surface area contributed by atoms with Gasteiger partial charge in [0.1, 0.15) is 5.69 Å². The van der Waals surface area contributed by atoms with E-state index in [4.69, 9.17) is 4.74 Å². The molecule has 1 aromatic rings. The van der Waals surface area contributed by atoms with Crippen LogP contribution in [0.15, 0.2) is 18.2 Å². The number of benzene rings is 1. The first-order valence-electron chi connectivity index (χ1n) is 6.88. The number of para-hydroxylation sites is 1. The summed E-state index contributed by atoms with van der Waals surface area (Å²) in [5.74, 6) is 0.289. The van der Waals surface area contributed by atoms with E-state index in [2.05, 4.69) is 5.32 Å². The summed E-state index contributed by atoms with van der Waals surface area (Å²) in [5.41, 5.74) is 0.423. The number of nitro benzene ring substituents is 1. The standard InChI is InChI=1S/C14H22N2O4/c1-3-10-20-13-8-4-7-12(14(13)16(18)19)15-9-5-6-11(2)17/h4,7-8,11,15,17H,3,5-6,9-10H2,1-2H3. The van der Waals surface area contributed by atoms with Crippen molar-refractivity contribution >= 4 is 11.4 Å². The topological polar surface area (TPSA) is 84.6 Å². The Kier molecular flexibility index (Phi) is 6.79. The molecule has 2 N–H and O–H groups in total. The van der Waals surface area contributed by atoms with Crippen molar-refractivity contribution in [2.45, 2.75) is 39.2 Å². The highest BCUT2D eigenvalue weighted by Gasteiger charge is 2.20. The van der Waals surface area contributed by atoms with Crippen LogP contribution < -0.4 is 10.1 Å². The lowest BCUT2D eigenvalue weighted by Crippen LogP contribution is -2.09. The molecular weight excluding hydrogens is 260 g/mol. The molecule has 0 spiro atoms. The predicted octanol–water partition coefficient (Wildman–Crippen LogP) is 2.96. The molecule has 0 aliphatic rings. The summed E-state index contributed by atoms with van der Waals surface area (Å²) in [6.07, 6.45) is 1.84. The smallest absolute Gasteiger partial charge is 0.333 e. The van der Waals surface area contributed by atoms with Crippen molar-refractivity contribution in [2.75, 3.05) is 18.5 Å². The van der Waals surface area contributed by atoms with Gasteiger partial charge in [-0.1, -0.05) is 13.0 Å². The summed E-state index contributed by atoms with van der Waals surface area (Å²) in [4.78, 5) is 10.8. The predicted molar refractivity (Wildman–Crippen MR) is 78.3 cm³/mol. The minimum absolute atomic E-state index is 0.0296. The zero-order valence-electron chi connectivity index (χ0n) is 12.0. The number of aliphatic hydroxyl groups excluding tert-OH is 1. The number of anilines is 1. The highest BCUT2D eigenvalue weighted by molar-refractivity contribution is 5.68. The van der Waals surface area contributed by atoms with Crippen LogP contribution in [0.2, 0.25) is 0 Å². The lowest BCUT2D eigenvalue weighted by Gasteiger charge is -2.11. The van der Waals surface area contributed by atoms with Gasteiger partial charge in [0.05, 0.1) is 17.6 Å². The van der Waals surface area contributed by atoms with Crippen LogP contribution in [0.4, 0.5) is 11.4 Å². The molecule has 0 aliphatic carbocycles. The van der Waals surface area contributed by atoms with Crippen molar-refractivity contribution in [3.63, 3.8) is 0 Å². The highest BCUT2D eigenvalue weighted by atomic mass is 16.6. The number of hydrogen-bond donors (Lipinski definition) is 2. The maximum atomic E-state index is 11.2. The van der Waals surface area contributed by atoms with Gasteiger partial charge >= 0.3 is 5.69 Å². The summed E-state index contributed by atoms with van der Waals surface area (Å²) in [5, 5.41) is 23.4. The maximum Gasteiger partial charge on any atom is 0.333 e. The van der Waals surface area contributed by atoms with E-state index in [1.165, 1.54) is 0 Å². The Balaban J connectivity index is 2.76. The van der Waals surface area contributed by atoms with Crippen molar-refractivity contribution in [3.8, 4) is 5.75 Å². The van der Waals surface area contributed by atoms with Crippen LogP contribution in [0, 0.1) is 10.1 Å². The molecule has 1 unspecified atom stereocenters. The third-order valence-corrected chi connectivity index (χ3v) is 2.76. The molecule has 0 radical (unpaired) electrons. The maximum absolute atomic E-state index is 11.2. The third kappa shape index (κ3) is 5.05. The Morgan fingerprint density at radius 2 is 2.25 bits per heavy atom. The molecule has 0 saturated heterocycles. The Morgan fingerprint density at radius 1 is 1.50 bits per heavy atom. The number of nitro groups is 1. The summed E-state index contributed by atoms with van der Waals surface area (Å²) < 4.78 is 5.41. The lowest BCUT2D eigenvalue weighted by atomic mass is 10.2. The average molecular weight is 282 g/mol. The molecule has 1 aromatic carbocycles.